The summed E-state index contributed by atoms with van der Waals surface area (Å²) >= 11 is 0. The summed E-state index contributed by atoms with van der Waals surface area (Å²) in [6.07, 6.45) is 0. The number of sulfonamides is 1. The Morgan fingerprint density at radius 3 is 2.38 bits per heavy atom. The van der Waals surface area contributed by atoms with Crippen LogP contribution in [0.4, 0.5) is 5.69 Å². The molecule has 112 valence electrons. The minimum Gasteiger partial charge on any atom is -0.495 e. The smallest absolute Gasteiger partial charge is 0.240 e. The van der Waals surface area contributed by atoms with Gasteiger partial charge in [0.15, 0.2) is 0 Å². The van der Waals surface area contributed by atoms with E-state index in [1.807, 2.05) is 31.2 Å². The largest absolute Gasteiger partial charge is 0.495 e. The molecule has 2 rings (SSSR count). The molecule has 0 aliphatic heterocycles. The Morgan fingerprint density at radius 1 is 1.14 bits per heavy atom. The molecule has 0 aliphatic rings. The Bertz CT molecular complexity index is 725. The molecule has 0 aromatic heterocycles. The van der Waals surface area contributed by atoms with Gasteiger partial charge in [-0.3, -0.25) is 0 Å². The molecule has 2 aromatic rings. The summed E-state index contributed by atoms with van der Waals surface area (Å²) in [5.74, 6) is 0.451. The number of benzene rings is 2. The first-order valence-electron chi connectivity index (χ1n) is 6.41. The van der Waals surface area contributed by atoms with Gasteiger partial charge in [-0.1, -0.05) is 29.8 Å². The zero-order valence-electron chi connectivity index (χ0n) is 12.0. The van der Waals surface area contributed by atoms with E-state index in [9.17, 15) is 8.42 Å². The van der Waals surface area contributed by atoms with Gasteiger partial charge in [0, 0.05) is 6.54 Å². The first-order chi connectivity index (χ1) is 9.92. The number of hydrogen-bond donors (Lipinski definition) is 2. The van der Waals surface area contributed by atoms with Gasteiger partial charge in [0.05, 0.1) is 17.7 Å². The van der Waals surface area contributed by atoms with E-state index in [1.54, 1.807) is 0 Å². The van der Waals surface area contributed by atoms with Crippen LogP contribution in [0.25, 0.3) is 0 Å². The van der Waals surface area contributed by atoms with Gasteiger partial charge in [-0.2, -0.15) is 0 Å². The number of rotatable bonds is 5. The molecule has 6 heteroatoms. The molecule has 0 spiro atoms. The van der Waals surface area contributed by atoms with Gasteiger partial charge >= 0.3 is 0 Å². The number of hydrogen-bond acceptors (Lipinski definition) is 4. The molecular weight excluding hydrogens is 288 g/mol. The number of methoxy groups -OCH3 is 1. The van der Waals surface area contributed by atoms with E-state index in [2.05, 4.69) is 4.72 Å². The van der Waals surface area contributed by atoms with Crippen molar-refractivity contribution >= 4 is 15.7 Å². The second-order valence-electron chi connectivity index (χ2n) is 4.71. The maximum absolute atomic E-state index is 12.2. The van der Waals surface area contributed by atoms with Crippen LogP contribution in [0.3, 0.4) is 0 Å². The fourth-order valence-electron chi connectivity index (χ4n) is 1.85. The van der Waals surface area contributed by atoms with Gasteiger partial charge < -0.3 is 10.5 Å². The van der Waals surface area contributed by atoms with Crippen LogP contribution >= 0.6 is 0 Å². The van der Waals surface area contributed by atoms with Gasteiger partial charge in [-0.05, 0) is 30.7 Å². The van der Waals surface area contributed by atoms with Crippen LogP contribution in [0.2, 0.25) is 0 Å². The van der Waals surface area contributed by atoms with Crippen molar-refractivity contribution in [2.24, 2.45) is 0 Å². The Labute approximate surface area is 124 Å². The first-order valence-corrected chi connectivity index (χ1v) is 7.89. The van der Waals surface area contributed by atoms with Crippen molar-refractivity contribution in [3.05, 3.63) is 53.6 Å². The molecule has 5 nitrogen and oxygen atoms in total. The Morgan fingerprint density at radius 2 is 1.81 bits per heavy atom. The SMILES string of the molecule is COc1ccc(S(=O)(=O)NCc2ccc(C)cc2)cc1N. The number of nitrogen functional groups attached to an aromatic ring is 1. The lowest BCUT2D eigenvalue weighted by Gasteiger charge is -2.09. The summed E-state index contributed by atoms with van der Waals surface area (Å²) in [6, 6.07) is 12.0. The van der Waals surface area contributed by atoms with Gasteiger partial charge in [0.25, 0.3) is 0 Å². The summed E-state index contributed by atoms with van der Waals surface area (Å²) in [4.78, 5) is 0.118. The molecule has 0 unspecified atom stereocenters. The molecule has 0 atom stereocenters. The predicted molar refractivity (Wildman–Crippen MR) is 82.6 cm³/mol. The van der Waals surface area contributed by atoms with E-state index >= 15 is 0 Å². The van der Waals surface area contributed by atoms with Crippen LogP contribution in [-0.2, 0) is 16.6 Å². The number of anilines is 1. The molecule has 0 aliphatic carbocycles. The average Bonchev–Trinajstić information content (AvgIpc) is 2.46. The second-order valence-corrected chi connectivity index (χ2v) is 6.48. The van der Waals surface area contributed by atoms with Gasteiger partial charge in [-0.25, -0.2) is 13.1 Å². The lowest BCUT2D eigenvalue weighted by atomic mass is 10.2. The van der Waals surface area contributed by atoms with E-state index in [0.717, 1.165) is 11.1 Å². The van der Waals surface area contributed by atoms with E-state index in [-0.39, 0.29) is 17.1 Å². The maximum Gasteiger partial charge on any atom is 0.240 e. The maximum atomic E-state index is 12.2. The first kappa shape index (κ1) is 15.3. The topological polar surface area (TPSA) is 81.4 Å². The van der Waals surface area contributed by atoms with Gasteiger partial charge in [-0.15, -0.1) is 0 Å². The normalized spacial score (nSPS) is 11.3. The van der Waals surface area contributed by atoms with Crippen molar-refractivity contribution in [2.75, 3.05) is 12.8 Å². The summed E-state index contributed by atoms with van der Waals surface area (Å²) in [6.45, 7) is 2.21. The van der Waals surface area contributed by atoms with Crippen LogP contribution < -0.4 is 15.2 Å². The molecule has 0 fully saturated rings. The van der Waals surface area contributed by atoms with Crippen molar-refractivity contribution in [1.29, 1.82) is 0 Å². The molecule has 21 heavy (non-hydrogen) atoms. The standard InChI is InChI=1S/C15H18N2O3S/c1-11-3-5-12(6-4-11)10-17-21(18,19)13-7-8-15(20-2)14(16)9-13/h3-9,17H,10,16H2,1-2H3. The van der Waals surface area contributed by atoms with Gasteiger partial charge in [0.1, 0.15) is 5.75 Å². The lowest BCUT2D eigenvalue weighted by molar-refractivity contribution is 0.416. The number of nitrogens with two attached hydrogens (primary N) is 1. The van der Waals surface area contributed by atoms with E-state index in [1.165, 1.54) is 25.3 Å². The van der Waals surface area contributed by atoms with E-state index < -0.39 is 10.0 Å². The Balaban J connectivity index is 2.14. The third-order valence-electron chi connectivity index (χ3n) is 3.10. The lowest BCUT2D eigenvalue weighted by Crippen LogP contribution is -2.23. The zero-order valence-corrected chi connectivity index (χ0v) is 12.8. The summed E-state index contributed by atoms with van der Waals surface area (Å²) < 4.78 is 32.0. The molecule has 3 N–H and O–H groups in total. The predicted octanol–water partition coefficient (Wildman–Crippen LogP) is 2.06. The molecular formula is C15H18N2O3S. The van der Waals surface area contributed by atoms with Crippen molar-refractivity contribution in [3.8, 4) is 5.75 Å². The molecule has 0 bridgehead atoms. The highest BCUT2D eigenvalue weighted by atomic mass is 32.2. The third-order valence-corrected chi connectivity index (χ3v) is 4.50. The fourth-order valence-corrected chi connectivity index (χ4v) is 2.90. The minimum absolute atomic E-state index is 0.118. The van der Waals surface area contributed by atoms with Crippen LogP contribution in [0.1, 0.15) is 11.1 Å². The monoisotopic (exact) mass is 306 g/mol. The van der Waals surface area contributed by atoms with Crippen LogP contribution in [0, 0.1) is 6.92 Å². The molecule has 0 amide bonds. The van der Waals surface area contributed by atoms with Crippen molar-refractivity contribution in [3.63, 3.8) is 0 Å². The highest BCUT2D eigenvalue weighted by Crippen LogP contribution is 2.24. The summed E-state index contributed by atoms with van der Waals surface area (Å²) in [7, 11) is -2.12. The molecule has 0 radical (unpaired) electrons. The molecule has 2 aromatic carbocycles. The van der Waals surface area contributed by atoms with Crippen molar-refractivity contribution < 1.29 is 13.2 Å². The Hall–Kier alpha value is -2.05. The molecule has 0 saturated carbocycles. The van der Waals surface area contributed by atoms with Gasteiger partial charge in [0.2, 0.25) is 10.0 Å². The average molecular weight is 306 g/mol. The zero-order chi connectivity index (χ0) is 15.5. The van der Waals surface area contributed by atoms with Crippen LogP contribution in [0.15, 0.2) is 47.4 Å². The van der Waals surface area contributed by atoms with Crippen molar-refractivity contribution in [2.45, 2.75) is 18.4 Å². The summed E-state index contributed by atoms with van der Waals surface area (Å²) in [5, 5.41) is 0. The minimum atomic E-state index is -3.60. The molecule has 0 heterocycles. The number of aryl methyl sites for hydroxylation is 1. The third kappa shape index (κ3) is 3.74. The molecule has 0 saturated heterocycles. The summed E-state index contributed by atoms with van der Waals surface area (Å²) in [5.41, 5.74) is 8.05. The quantitative estimate of drug-likeness (QED) is 0.829. The van der Waals surface area contributed by atoms with Crippen LogP contribution in [0.5, 0.6) is 5.75 Å². The van der Waals surface area contributed by atoms with E-state index in [4.69, 9.17) is 10.5 Å². The highest BCUT2D eigenvalue weighted by molar-refractivity contribution is 7.89. The van der Waals surface area contributed by atoms with E-state index in [0.29, 0.717) is 5.75 Å². The highest BCUT2D eigenvalue weighted by Gasteiger charge is 2.15. The number of nitrogens with one attached hydrogen (secondary N) is 1. The Kier molecular flexibility index (Phi) is 4.50. The van der Waals surface area contributed by atoms with Crippen LogP contribution in [-0.4, -0.2) is 15.5 Å². The number of ether oxygens (including phenoxy) is 1. The second kappa shape index (κ2) is 6.15. The fraction of sp³-hybridized carbons (Fsp3) is 0.200. The van der Waals surface area contributed by atoms with Crippen molar-refractivity contribution in [1.82, 2.24) is 4.72 Å².